The SMILES string of the molecule is COC(=O)C(CCOC1CCCC(OC)C1)NC1CC1. The third-order valence-electron chi connectivity index (χ3n) is 4.17. The second kappa shape index (κ2) is 7.96. The van der Waals surface area contributed by atoms with Gasteiger partial charge in [-0.15, -0.1) is 0 Å². The van der Waals surface area contributed by atoms with E-state index in [-0.39, 0.29) is 18.1 Å². The van der Waals surface area contributed by atoms with Crippen LogP contribution in [0.5, 0.6) is 0 Å². The van der Waals surface area contributed by atoms with E-state index in [1.165, 1.54) is 7.11 Å². The molecular formula is C15H27NO4. The van der Waals surface area contributed by atoms with Crippen LogP contribution in [0.4, 0.5) is 0 Å². The van der Waals surface area contributed by atoms with Crippen LogP contribution in [0.25, 0.3) is 0 Å². The zero-order chi connectivity index (χ0) is 14.4. The molecule has 3 unspecified atom stereocenters. The first-order valence-electron chi connectivity index (χ1n) is 7.71. The Morgan fingerprint density at radius 2 is 1.95 bits per heavy atom. The maximum absolute atomic E-state index is 11.7. The summed E-state index contributed by atoms with van der Waals surface area (Å²) in [6.07, 6.45) is 7.95. The molecule has 0 spiro atoms. The van der Waals surface area contributed by atoms with E-state index < -0.39 is 0 Å². The van der Waals surface area contributed by atoms with Gasteiger partial charge >= 0.3 is 5.97 Å². The second-order valence-corrected chi connectivity index (χ2v) is 5.82. The number of carbonyl (C=O) groups is 1. The number of hydrogen-bond donors (Lipinski definition) is 1. The van der Waals surface area contributed by atoms with E-state index in [0.717, 1.165) is 38.5 Å². The van der Waals surface area contributed by atoms with Crippen LogP contribution in [0.3, 0.4) is 0 Å². The summed E-state index contributed by atoms with van der Waals surface area (Å²) in [4.78, 5) is 11.7. The maximum atomic E-state index is 11.7. The number of hydrogen-bond acceptors (Lipinski definition) is 5. The zero-order valence-corrected chi connectivity index (χ0v) is 12.6. The molecule has 2 fully saturated rings. The molecule has 0 heterocycles. The van der Waals surface area contributed by atoms with Crippen LogP contribution in [-0.2, 0) is 19.0 Å². The van der Waals surface area contributed by atoms with Crippen LogP contribution < -0.4 is 5.32 Å². The molecule has 2 aliphatic rings. The van der Waals surface area contributed by atoms with Gasteiger partial charge in [-0.2, -0.15) is 0 Å². The summed E-state index contributed by atoms with van der Waals surface area (Å²) in [7, 11) is 3.20. The van der Waals surface area contributed by atoms with Gasteiger partial charge < -0.3 is 19.5 Å². The van der Waals surface area contributed by atoms with Crippen molar-refractivity contribution in [2.24, 2.45) is 0 Å². The van der Waals surface area contributed by atoms with Crippen LogP contribution in [0.2, 0.25) is 0 Å². The van der Waals surface area contributed by atoms with Crippen LogP contribution in [0.1, 0.15) is 44.9 Å². The van der Waals surface area contributed by atoms with Gasteiger partial charge in [0.1, 0.15) is 6.04 Å². The predicted octanol–water partition coefficient (Wildman–Crippen LogP) is 1.64. The lowest BCUT2D eigenvalue weighted by molar-refractivity contribution is -0.144. The van der Waals surface area contributed by atoms with Crippen molar-refractivity contribution in [1.29, 1.82) is 0 Å². The lowest BCUT2D eigenvalue weighted by atomic mass is 9.95. The summed E-state index contributed by atoms with van der Waals surface area (Å²) in [5.41, 5.74) is 0. The smallest absolute Gasteiger partial charge is 0.322 e. The third-order valence-corrected chi connectivity index (χ3v) is 4.17. The Bertz CT molecular complexity index is 306. The maximum Gasteiger partial charge on any atom is 0.322 e. The highest BCUT2D eigenvalue weighted by Gasteiger charge is 2.29. The highest BCUT2D eigenvalue weighted by atomic mass is 16.5. The molecule has 0 amide bonds. The minimum Gasteiger partial charge on any atom is -0.468 e. The van der Waals surface area contributed by atoms with E-state index in [0.29, 0.717) is 25.2 Å². The monoisotopic (exact) mass is 285 g/mol. The van der Waals surface area contributed by atoms with Gasteiger partial charge in [-0.1, -0.05) is 0 Å². The predicted molar refractivity (Wildman–Crippen MR) is 75.6 cm³/mol. The van der Waals surface area contributed by atoms with Gasteiger partial charge in [-0.3, -0.25) is 4.79 Å². The molecule has 3 atom stereocenters. The Balaban J connectivity index is 1.67. The van der Waals surface area contributed by atoms with Gasteiger partial charge in [-0.25, -0.2) is 0 Å². The number of methoxy groups -OCH3 is 2. The van der Waals surface area contributed by atoms with Gasteiger partial charge in [0.2, 0.25) is 0 Å². The first-order chi connectivity index (χ1) is 9.72. The van der Waals surface area contributed by atoms with Gasteiger partial charge in [0.05, 0.1) is 19.3 Å². The largest absolute Gasteiger partial charge is 0.468 e. The molecule has 2 rings (SSSR count). The van der Waals surface area contributed by atoms with Gasteiger partial charge in [0.15, 0.2) is 0 Å². The topological polar surface area (TPSA) is 56.8 Å². The quantitative estimate of drug-likeness (QED) is 0.687. The van der Waals surface area contributed by atoms with E-state index in [9.17, 15) is 4.79 Å². The number of esters is 1. The summed E-state index contributed by atoms with van der Waals surface area (Å²) < 4.78 is 16.2. The van der Waals surface area contributed by atoms with E-state index in [1.807, 2.05) is 0 Å². The molecule has 2 saturated carbocycles. The molecule has 5 heteroatoms. The Morgan fingerprint density at radius 1 is 1.20 bits per heavy atom. The van der Waals surface area contributed by atoms with E-state index in [4.69, 9.17) is 14.2 Å². The fourth-order valence-electron chi connectivity index (χ4n) is 2.77. The van der Waals surface area contributed by atoms with Gasteiger partial charge in [0.25, 0.3) is 0 Å². The normalized spacial score (nSPS) is 28.1. The molecule has 0 aliphatic heterocycles. The van der Waals surface area contributed by atoms with E-state index >= 15 is 0 Å². The Hall–Kier alpha value is -0.650. The van der Waals surface area contributed by atoms with Crippen LogP contribution >= 0.6 is 0 Å². The highest BCUT2D eigenvalue weighted by Crippen LogP contribution is 2.24. The number of nitrogens with one attached hydrogen (secondary N) is 1. The molecule has 5 nitrogen and oxygen atoms in total. The van der Waals surface area contributed by atoms with Crippen LogP contribution in [0, 0.1) is 0 Å². The van der Waals surface area contributed by atoms with Crippen molar-refractivity contribution in [3.8, 4) is 0 Å². The number of carbonyl (C=O) groups excluding carboxylic acids is 1. The van der Waals surface area contributed by atoms with Crippen molar-refractivity contribution in [3.05, 3.63) is 0 Å². The molecule has 0 aromatic carbocycles. The number of ether oxygens (including phenoxy) is 3. The minimum atomic E-state index is -0.227. The fourth-order valence-corrected chi connectivity index (χ4v) is 2.77. The summed E-state index contributed by atoms with van der Waals surface area (Å²) in [6.45, 7) is 0.598. The standard InChI is InChI=1S/C15H27NO4/c1-18-12-4-3-5-13(10-12)20-9-8-14(15(17)19-2)16-11-6-7-11/h11-14,16H,3-10H2,1-2H3. The first kappa shape index (κ1) is 15.7. The summed E-state index contributed by atoms with van der Waals surface area (Å²) in [5, 5.41) is 3.32. The lowest BCUT2D eigenvalue weighted by Gasteiger charge is -2.28. The third kappa shape index (κ3) is 5.04. The van der Waals surface area contributed by atoms with Gasteiger partial charge in [-0.05, 0) is 44.9 Å². The van der Waals surface area contributed by atoms with E-state index in [2.05, 4.69) is 5.32 Å². The average Bonchev–Trinajstić information content (AvgIpc) is 3.29. The zero-order valence-electron chi connectivity index (χ0n) is 12.6. The molecule has 0 aromatic rings. The minimum absolute atomic E-state index is 0.182. The first-order valence-corrected chi connectivity index (χ1v) is 7.71. The average molecular weight is 285 g/mol. The Labute approximate surface area is 121 Å². The van der Waals surface area contributed by atoms with Crippen molar-refractivity contribution in [2.75, 3.05) is 20.8 Å². The van der Waals surface area contributed by atoms with Crippen molar-refractivity contribution in [1.82, 2.24) is 5.32 Å². The number of rotatable bonds is 8. The fraction of sp³-hybridized carbons (Fsp3) is 0.933. The molecule has 0 bridgehead atoms. The molecular weight excluding hydrogens is 258 g/mol. The summed E-state index contributed by atoms with van der Waals surface area (Å²) >= 11 is 0. The Kier molecular flexibility index (Phi) is 6.26. The van der Waals surface area contributed by atoms with Crippen molar-refractivity contribution in [2.45, 2.75) is 69.2 Å². The highest BCUT2D eigenvalue weighted by molar-refractivity contribution is 5.75. The summed E-state index contributed by atoms with van der Waals surface area (Å²) in [5.74, 6) is -0.182. The molecule has 1 N–H and O–H groups in total. The molecule has 116 valence electrons. The van der Waals surface area contributed by atoms with Crippen LogP contribution in [0.15, 0.2) is 0 Å². The second-order valence-electron chi connectivity index (χ2n) is 5.82. The van der Waals surface area contributed by atoms with E-state index in [1.54, 1.807) is 7.11 Å². The van der Waals surface area contributed by atoms with Crippen molar-refractivity contribution < 1.29 is 19.0 Å². The van der Waals surface area contributed by atoms with Crippen LogP contribution in [-0.4, -0.2) is 51.1 Å². The molecule has 0 saturated heterocycles. The molecule has 0 aromatic heterocycles. The molecule has 0 radical (unpaired) electrons. The van der Waals surface area contributed by atoms with Crippen molar-refractivity contribution >= 4 is 5.97 Å². The molecule has 2 aliphatic carbocycles. The Morgan fingerprint density at radius 3 is 2.60 bits per heavy atom. The van der Waals surface area contributed by atoms with Gasteiger partial charge in [0, 0.05) is 19.8 Å². The molecule has 20 heavy (non-hydrogen) atoms. The summed E-state index contributed by atoms with van der Waals surface area (Å²) in [6, 6.07) is 0.265. The van der Waals surface area contributed by atoms with Crippen molar-refractivity contribution in [3.63, 3.8) is 0 Å². The lowest BCUT2D eigenvalue weighted by Crippen LogP contribution is -2.40.